The molecule has 0 unspecified atom stereocenters. The molecule has 0 heterocycles. The Kier molecular flexibility index (Phi) is 10.8. The van der Waals surface area contributed by atoms with Gasteiger partial charge in [0.15, 0.2) is 0 Å². The van der Waals surface area contributed by atoms with Gasteiger partial charge in [0.1, 0.15) is 0 Å². The van der Waals surface area contributed by atoms with E-state index in [-0.39, 0.29) is 17.7 Å². The summed E-state index contributed by atoms with van der Waals surface area (Å²) in [6, 6.07) is 0. The molecule has 0 aromatic rings. The maximum absolute atomic E-state index is 12.0. The van der Waals surface area contributed by atoms with Crippen molar-refractivity contribution in [3.63, 3.8) is 0 Å². The SMILES string of the molecule is CCOCCC(=O)NC[C@](C)(NC(=O)CCOCC)C(C)C. The zero-order valence-corrected chi connectivity index (χ0v) is 14.7. The van der Waals surface area contributed by atoms with Crippen molar-refractivity contribution in [2.75, 3.05) is 33.0 Å². The molecule has 0 aromatic carbocycles. The molecule has 0 aliphatic carbocycles. The smallest absolute Gasteiger partial charge is 0.222 e. The van der Waals surface area contributed by atoms with E-state index in [4.69, 9.17) is 9.47 Å². The van der Waals surface area contributed by atoms with Crippen LogP contribution < -0.4 is 10.6 Å². The van der Waals surface area contributed by atoms with Crippen molar-refractivity contribution in [3.05, 3.63) is 0 Å². The third-order valence-corrected chi connectivity index (χ3v) is 3.71. The lowest BCUT2D eigenvalue weighted by molar-refractivity contribution is -0.126. The number of hydrogen-bond donors (Lipinski definition) is 2. The molecule has 1 atom stereocenters. The van der Waals surface area contributed by atoms with Crippen LogP contribution in [-0.2, 0) is 19.1 Å². The summed E-state index contributed by atoms with van der Waals surface area (Å²) in [7, 11) is 0. The average Bonchev–Trinajstić information content (AvgIpc) is 2.45. The van der Waals surface area contributed by atoms with Crippen molar-refractivity contribution >= 4 is 11.8 Å². The van der Waals surface area contributed by atoms with Gasteiger partial charge in [0, 0.05) is 32.6 Å². The Hall–Kier alpha value is -1.14. The fraction of sp³-hybridized carbons (Fsp3) is 0.875. The first kappa shape index (κ1) is 20.9. The van der Waals surface area contributed by atoms with Crippen LogP contribution >= 0.6 is 0 Å². The number of nitrogens with one attached hydrogen (secondary N) is 2. The first-order valence-corrected chi connectivity index (χ1v) is 8.08. The van der Waals surface area contributed by atoms with E-state index in [2.05, 4.69) is 10.6 Å². The highest BCUT2D eigenvalue weighted by molar-refractivity contribution is 5.78. The van der Waals surface area contributed by atoms with Crippen molar-refractivity contribution in [2.24, 2.45) is 5.92 Å². The third-order valence-electron chi connectivity index (χ3n) is 3.71. The molecule has 0 rings (SSSR count). The van der Waals surface area contributed by atoms with Gasteiger partial charge in [-0.3, -0.25) is 9.59 Å². The van der Waals surface area contributed by atoms with Crippen molar-refractivity contribution in [1.29, 1.82) is 0 Å². The predicted octanol–water partition coefficient (Wildman–Crippen LogP) is 1.49. The highest BCUT2D eigenvalue weighted by Gasteiger charge is 2.30. The van der Waals surface area contributed by atoms with Crippen molar-refractivity contribution < 1.29 is 19.1 Å². The van der Waals surface area contributed by atoms with Gasteiger partial charge >= 0.3 is 0 Å². The highest BCUT2D eigenvalue weighted by atomic mass is 16.5. The summed E-state index contributed by atoms with van der Waals surface area (Å²) in [6.07, 6.45) is 0.661. The number of amides is 2. The summed E-state index contributed by atoms with van der Waals surface area (Å²) in [5.41, 5.74) is -0.482. The number of ether oxygens (including phenoxy) is 2. The number of carbonyl (C=O) groups excluding carboxylic acids is 2. The normalized spacial score (nSPS) is 13.7. The van der Waals surface area contributed by atoms with E-state index in [0.29, 0.717) is 45.8 Å². The molecule has 2 amide bonds. The van der Waals surface area contributed by atoms with Crippen LogP contribution in [0.15, 0.2) is 0 Å². The van der Waals surface area contributed by atoms with Crippen LogP contribution in [0.5, 0.6) is 0 Å². The summed E-state index contributed by atoms with van der Waals surface area (Å²) in [4.78, 5) is 23.7. The number of rotatable bonds is 12. The maximum atomic E-state index is 12.0. The molecule has 2 N–H and O–H groups in total. The van der Waals surface area contributed by atoms with Gasteiger partial charge in [0.2, 0.25) is 11.8 Å². The van der Waals surface area contributed by atoms with Crippen LogP contribution in [0.4, 0.5) is 0 Å². The molecule has 0 spiro atoms. The molecule has 130 valence electrons. The third kappa shape index (κ3) is 9.00. The van der Waals surface area contributed by atoms with Crippen molar-refractivity contribution in [3.8, 4) is 0 Å². The zero-order chi connectivity index (χ0) is 17.0. The molecule has 0 radical (unpaired) electrons. The molecule has 6 heteroatoms. The van der Waals surface area contributed by atoms with Crippen LogP contribution in [0.3, 0.4) is 0 Å². The summed E-state index contributed by atoms with van der Waals surface area (Å²) >= 11 is 0. The maximum Gasteiger partial charge on any atom is 0.222 e. The Morgan fingerprint density at radius 2 is 1.50 bits per heavy atom. The van der Waals surface area contributed by atoms with E-state index in [0.717, 1.165) is 0 Å². The van der Waals surface area contributed by atoms with E-state index in [1.807, 2.05) is 34.6 Å². The first-order chi connectivity index (χ1) is 10.4. The second-order valence-corrected chi connectivity index (χ2v) is 5.79. The Morgan fingerprint density at radius 3 is 1.95 bits per heavy atom. The van der Waals surface area contributed by atoms with Crippen molar-refractivity contribution in [2.45, 2.75) is 53.0 Å². The van der Waals surface area contributed by atoms with E-state index in [1.165, 1.54) is 0 Å². The van der Waals surface area contributed by atoms with Crippen LogP contribution in [0.25, 0.3) is 0 Å². The van der Waals surface area contributed by atoms with Gasteiger partial charge in [-0.1, -0.05) is 13.8 Å². The van der Waals surface area contributed by atoms with Gasteiger partial charge in [0.05, 0.1) is 18.8 Å². The molecule has 0 saturated carbocycles. The Labute approximate surface area is 134 Å². The molecule has 0 bridgehead atoms. The largest absolute Gasteiger partial charge is 0.381 e. The summed E-state index contributed by atoms with van der Waals surface area (Å²) in [5, 5.41) is 5.88. The highest BCUT2D eigenvalue weighted by Crippen LogP contribution is 2.16. The van der Waals surface area contributed by atoms with Crippen LogP contribution in [0, 0.1) is 5.92 Å². The summed E-state index contributed by atoms with van der Waals surface area (Å²) < 4.78 is 10.3. The molecule has 0 aliphatic heterocycles. The van der Waals surface area contributed by atoms with Gasteiger partial charge in [-0.05, 0) is 26.7 Å². The van der Waals surface area contributed by atoms with Crippen LogP contribution in [0.1, 0.15) is 47.5 Å². The van der Waals surface area contributed by atoms with Crippen molar-refractivity contribution in [1.82, 2.24) is 10.6 Å². The lowest BCUT2D eigenvalue weighted by atomic mass is 9.88. The fourth-order valence-electron chi connectivity index (χ4n) is 1.76. The minimum absolute atomic E-state index is 0.0618. The van der Waals surface area contributed by atoms with E-state index >= 15 is 0 Å². The molecular weight excluding hydrogens is 284 g/mol. The molecule has 0 saturated heterocycles. The van der Waals surface area contributed by atoms with Crippen LogP contribution in [0.2, 0.25) is 0 Å². The minimum Gasteiger partial charge on any atom is -0.381 e. The molecule has 0 aliphatic rings. The van der Waals surface area contributed by atoms with Gasteiger partial charge in [-0.25, -0.2) is 0 Å². The zero-order valence-electron chi connectivity index (χ0n) is 14.7. The van der Waals surface area contributed by atoms with E-state index in [9.17, 15) is 9.59 Å². The number of carbonyl (C=O) groups is 2. The monoisotopic (exact) mass is 316 g/mol. The van der Waals surface area contributed by atoms with Gasteiger partial charge in [0.25, 0.3) is 0 Å². The van der Waals surface area contributed by atoms with Gasteiger partial charge < -0.3 is 20.1 Å². The second kappa shape index (κ2) is 11.4. The molecule has 0 fully saturated rings. The fourth-order valence-corrected chi connectivity index (χ4v) is 1.76. The predicted molar refractivity (Wildman–Crippen MR) is 86.6 cm³/mol. The Balaban J connectivity index is 4.31. The summed E-state index contributed by atoms with van der Waals surface area (Å²) in [6.45, 7) is 12.2. The van der Waals surface area contributed by atoms with Crippen LogP contribution in [-0.4, -0.2) is 50.3 Å². The average molecular weight is 316 g/mol. The number of hydrogen-bond acceptors (Lipinski definition) is 4. The van der Waals surface area contributed by atoms with E-state index in [1.54, 1.807) is 0 Å². The van der Waals surface area contributed by atoms with E-state index < -0.39 is 5.54 Å². The quantitative estimate of drug-likeness (QED) is 0.535. The van der Waals surface area contributed by atoms with Gasteiger partial charge in [-0.15, -0.1) is 0 Å². The topological polar surface area (TPSA) is 76.7 Å². The minimum atomic E-state index is -0.482. The second-order valence-electron chi connectivity index (χ2n) is 5.79. The lowest BCUT2D eigenvalue weighted by Gasteiger charge is -2.35. The lowest BCUT2D eigenvalue weighted by Crippen LogP contribution is -2.57. The van der Waals surface area contributed by atoms with Gasteiger partial charge in [-0.2, -0.15) is 0 Å². The Bertz CT molecular complexity index is 334. The Morgan fingerprint density at radius 1 is 1.00 bits per heavy atom. The molecule has 6 nitrogen and oxygen atoms in total. The molecular formula is C16H32N2O4. The summed E-state index contributed by atoms with van der Waals surface area (Å²) in [5.74, 6) is 0.0628. The first-order valence-electron chi connectivity index (χ1n) is 8.08. The molecule has 22 heavy (non-hydrogen) atoms. The molecule has 0 aromatic heterocycles. The standard InChI is InChI=1S/C16H32N2O4/c1-6-21-10-8-14(19)17-12-16(5,13(3)4)18-15(20)9-11-22-7-2/h13H,6-12H2,1-5H3,(H,17,19)(H,18,20)/t16-/m0/s1.